The monoisotopic (exact) mass is 197 g/mol. The van der Waals surface area contributed by atoms with Crippen LogP contribution >= 0.6 is 0 Å². The van der Waals surface area contributed by atoms with Crippen LogP contribution in [0.15, 0.2) is 11.1 Å². The molecule has 0 spiro atoms. The number of nitrogens with zero attached hydrogens (tertiary/aromatic N) is 1. The average Bonchev–Trinajstić information content (AvgIpc) is 1.96. The fraction of sp³-hybridized carbons (Fsp3) is 0.846. The Balaban J connectivity index is 4.65. The first-order valence-electron chi connectivity index (χ1n) is 5.45. The summed E-state index contributed by atoms with van der Waals surface area (Å²) in [6.45, 7) is 13.6. The molecule has 0 heterocycles. The van der Waals surface area contributed by atoms with Crippen molar-refractivity contribution in [3.05, 3.63) is 11.1 Å². The third-order valence-electron chi connectivity index (χ3n) is 2.98. The molecule has 0 aromatic heterocycles. The third kappa shape index (κ3) is 4.28. The van der Waals surface area contributed by atoms with Gasteiger partial charge in [-0.3, -0.25) is 0 Å². The Morgan fingerprint density at radius 1 is 1.07 bits per heavy atom. The van der Waals surface area contributed by atoms with Crippen molar-refractivity contribution in [2.45, 2.75) is 54.0 Å². The molecule has 0 aromatic rings. The molecule has 0 aliphatic rings. The second-order valence-corrected chi connectivity index (χ2v) is 5.83. The summed E-state index contributed by atoms with van der Waals surface area (Å²) in [5.74, 6) is 0. The lowest BCUT2D eigenvalue weighted by Crippen LogP contribution is -2.39. The van der Waals surface area contributed by atoms with E-state index in [1.54, 1.807) is 0 Å². The van der Waals surface area contributed by atoms with Crippen LogP contribution in [-0.4, -0.2) is 25.0 Å². The van der Waals surface area contributed by atoms with Crippen LogP contribution < -0.4 is 0 Å². The summed E-state index contributed by atoms with van der Waals surface area (Å²) in [4.78, 5) is 2.34. The van der Waals surface area contributed by atoms with Crippen molar-refractivity contribution < 1.29 is 0 Å². The molecule has 0 saturated heterocycles. The van der Waals surface area contributed by atoms with Crippen molar-refractivity contribution in [1.29, 1.82) is 0 Å². The topological polar surface area (TPSA) is 3.24 Å². The summed E-state index contributed by atoms with van der Waals surface area (Å²) < 4.78 is 0. The number of hydrogen-bond donors (Lipinski definition) is 0. The van der Waals surface area contributed by atoms with E-state index in [0.29, 0.717) is 11.5 Å². The Morgan fingerprint density at radius 2 is 1.50 bits per heavy atom. The summed E-state index contributed by atoms with van der Waals surface area (Å²) in [7, 11) is 4.35. The number of hydrogen-bond acceptors (Lipinski definition) is 1. The maximum absolute atomic E-state index is 2.34. The summed E-state index contributed by atoms with van der Waals surface area (Å²) in [6.07, 6.45) is 1.18. The molecule has 0 saturated carbocycles. The Kier molecular flexibility index (Phi) is 4.87. The van der Waals surface area contributed by atoms with Crippen molar-refractivity contribution in [3.8, 4) is 0 Å². The molecule has 0 aliphatic carbocycles. The number of rotatable bonds is 3. The minimum Gasteiger partial charge on any atom is -0.306 e. The molecule has 1 nitrogen and oxygen atoms in total. The SMILES string of the molecule is CC(C)=C(C)CC(N(C)C)C(C)(C)C. The van der Waals surface area contributed by atoms with Crippen LogP contribution in [0, 0.1) is 5.41 Å². The normalized spacial score (nSPS) is 14.4. The zero-order valence-electron chi connectivity index (χ0n) is 11.2. The lowest BCUT2D eigenvalue weighted by atomic mass is 9.82. The van der Waals surface area contributed by atoms with Gasteiger partial charge in [0.2, 0.25) is 0 Å². The summed E-state index contributed by atoms with van der Waals surface area (Å²) in [5, 5.41) is 0. The summed E-state index contributed by atoms with van der Waals surface area (Å²) in [6, 6.07) is 0.623. The van der Waals surface area contributed by atoms with E-state index in [1.165, 1.54) is 17.6 Å². The van der Waals surface area contributed by atoms with Gasteiger partial charge in [-0.2, -0.15) is 0 Å². The summed E-state index contributed by atoms with van der Waals surface area (Å²) >= 11 is 0. The lowest BCUT2D eigenvalue weighted by Gasteiger charge is -2.36. The Bertz CT molecular complexity index is 202. The van der Waals surface area contributed by atoms with Crippen LogP contribution in [0.2, 0.25) is 0 Å². The van der Waals surface area contributed by atoms with Crippen LogP contribution in [0.4, 0.5) is 0 Å². The predicted molar refractivity (Wildman–Crippen MR) is 65.6 cm³/mol. The Morgan fingerprint density at radius 3 is 1.71 bits per heavy atom. The lowest BCUT2D eigenvalue weighted by molar-refractivity contribution is 0.151. The van der Waals surface area contributed by atoms with E-state index in [2.05, 4.69) is 60.5 Å². The maximum Gasteiger partial charge on any atom is 0.0175 e. The van der Waals surface area contributed by atoms with Crippen LogP contribution in [0.5, 0.6) is 0 Å². The second-order valence-electron chi connectivity index (χ2n) is 5.83. The van der Waals surface area contributed by atoms with Gasteiger partial charge in [-0.1, -0.05) is 31.9 Å². The van der Waals surface area contributed by atoms with Crippen molar-refractivity contribution in [2.24, 2.45) is 5.41 Å². The van der Waals surface area contributed by atoms with Crippen LogP contribution in [0.25, 0.3) is 0 Å². The molecular formula is C13H27N. The molecule has 0 bridgehead atoms. The first kappa shape index (κ1) is 13.7. The molecule has 0 fully saturated rings. The molecule has 0 N–H and O–H groups in total. The van der Waals surface area contributed by atoms with Crippen molar-refractivity contribution >= 4 is 0 Å². The molecule has 1 atom stereocenters. The van der Waals surface area contributed by atoms with Gasteiger partial charge in [-0.25, -0.2) is 0 Å². The molecule has 84 valence electrons. The van der Waals surface area contributed by atoms with Crippen molar-refractivity contribution in [3.63, 3.8) is 0 Å². The molecule has 0 amide bonds. The molecule has 0 aliphatic heterocycles. The van der Waals surface area contributed by atoms with E-state index >= 15 is 0 Å². The van der Waals surface area contributed by atoms with E-state index in [1.807, 2.05) is 0 Å². The first-order valence-corrected chi connectivity index (χ1v) is 5.45. The van der Waals surface area contributed by atoms with Gasteiger partial charge >= 0.3 is 0 Å². The van der Waals surface area contributed by atoms with E-state index in [9.17, 15) is 0 Å². The van der Waals surface area contributed by atoms with E-state index in [0.717, 1.165) is 0 Å². The molecule has 0 aromatic carbocycles. The molecule has 1 unspecified atom stereocenters. The Labute approximate surface area is 90.2 Å². The fourth-order valence-corrected chi connectivity index (χ4v) is 1.76. The van der Waals surface area contributed by atoms with Crippen LogP contribution in [0.3, 0.4) is 0 Å². The Hall–Kier alpha value is -0.300. The first-order chi connectivity index (χ1) is 6.16. The quantitative estimate of drug-likeness (QED) is 0.623. The highest BCUT2D eigenvalue weighted by atomic mass is 15.1. The third-order valence-corrected chi connectivity index (χ3v) is 2.98. The van der Waals surface area contributed by atoms with Crippen molar-refractivity contribution in [1.82, 2.24) is 4.90 Å². The van der Waals surface area contributed by atoms with E-state index < -0.39 is 0 Å². The average molecular weight is 197 g/mol. The fourth-order valence-electron chi connectivity index (χ4n) is 1.76. The standard InChI is InChI=1S/C13H27N/c1-10(2)11(3)9-12(14(7)8)13(4,5)6/h12H,9H2,1-8H3. The van der Waals surface area contributed by atoms with Gasteiger partial charge in [0, 0.05) is 6.04 Å². The minimum absolute atomic E-state index is 0.347. The van der Waals surface area contributed by atoms with Gasteiger partial charge < -0.3 is 4.90 Å². The largest absolute Gasteiger partial charge is 0.306 e. The smallest absolute Gasteiger partial charge is 0.0175 e. The highest BCUT2D eigenvalue weighted by molar-refractivity contribution is 5.09. The van der Waals surface area contributed by atoms with Gasteiger partial charge in [-0.15, -0.1) is 0 Å². The van der Waals surface area contributed by atoms with Gasteiger partial charge in [0.25, 0.3) is 0 Å². The zero-order chi connectivity index (χ0) is 11.5. The summed E-state index contributed by atoms with van der Waals surface area (Å²) in [5.41, 5.74) is 3.33. The molecular weight excluding hydrogens is 170 g/mol. The van der Waals surface area contributed by atoms with E-state index in [-0.39, 0.29) is 0 Å². The van der Waals surface area contributed by atoms with Crippen LogP contribution in [0.1, 0.15) is 48.0 Å². The predicted octanol–water partition coefficient (Wildman–Crippen LogP) is 3.71. The molecule has 0 radical (unpaired) electrons. The second kappa shape index (κ2) is 4.97. The zero-order valence-corrected chi connectivity index (χ0v) is 11.2. The molecule has 14 heavy (non-hydrogen) atoms. The van der Waals surface area contributed by atoms with E-state index in [4.69, 9.17) is 0 Å². The highest BCUT2D eigenvalue weighted by Crippen LogP contribution is 2.28. The molecule has 1 heteroatoms. The maximum atomic E-state index is 2.34. The van der Waals surface area contributed by atoms with Gasteiger partial charge in [0.1, 0.15) is 0 Å². The molecule has 0 rings (SSSR count). The van der Waals surface area contributed by atoms with Gasteiger partial charge in [0.15, 0.2) is 0 Å². The van der Waals surface area contributed by atoms with Gasteiger partial charge in [0.05, 0.1) is 0 Å². The minimum atomic E-state index is 0.347. The highest BCUT2D eigenvalue weighted by Gasteiger charge is 2.26. The number of allylic oxidation sites excluding steroid dienone is 1. The van der Waals surface area contributed by atoms with Crippen LogP contribution in [-0.2, 0) is 0 Å². The van der Waals surface area contributed by atoms with Crippen molar-refractivity contribution in [2.75, 3.05) is 14.1 Å². The van der Waals surface area contributed by atoms with Gasteiger partial charge in [-0.05, 0) is 46.7 Å².